The quantitative estimate of drug-likeness (QED) is 0.651. The summed E-state index contributed by atoms with van der Waals surface area (Å²) in [6.07, 6.45) is 0. The summed E-state index contributed by atoms with van der Waals surface area (Å²) in [5.74, 6) is 0.411. The first-order chi connectivity index (χ1) is 7.47. The normalized spacial score (nSPS) is 12.5. The van der Waals surface area contributed by atoms with Crippen LogP contribution in [0, 0.1) is 5.92 Å². The predicted molar refractivity (Wildman–Crippen MR) is 61.4 cm³/mol. The fourth-order valence-corrected chi connectivity index (χ4v) is 1.16. The van der Waals surface area contributed by atoms with E-state index in [9.17, 15) is 9.59 Å². The van der Waals surface area contributed by atoms with Gasteiger partial charge in [0.1, 0.15) is 0 Å². The molecule has 0 radical (unpaired) electrons. The fourth-order valence-electron chi connectivity index (χ4n) is 1.16. The zero-order chi connectivity index (χ0) is 12.3. The highest BCUT2D eigenvalue weighted by Crippen LogP contribution is 1.94. The van der Waals surface area contributed by atoms with Crippen LogP contribution in [0.25, 0.3) is 0 Å². The Morgan fingerprint density at radius 1 is 1.44 bits per heavy atom. The second-order valence-corrected chi connectivity index (χ2v) is 3.84. The zero-order valence-corrected chi connectivity index (χ0v) is 9.73. The third-order valence-corrected chi connectivity index (χ3v) is 2.34. The smallest absolute Gasteiger partial charge is 0.346 e. The van der Waals surface area contributed by atoms with E-state index >= 15 is 0 Å². The highest BCUT2D eigenvalue weighted by molar-refractivity contribution is 5.29. The minimum Gasteiger partial charge on any atom is -0.364 e. The molecule has 7 nitrogen and oxygen atoms in total. The van der Waals surface area contributed by atoms with Gasteiger partial charge in [-0.25, -0.2) is 9.48 Å². The molecule has 0 bridgehead atoms. The van der Waals surface area contributed by atoms with E-state index in [0.29, 0.717) is 13.1 Å². The summed E-state index contributed by atoms with van der Waals surface area (Å²) < 4.78 is 2.14. The van der Waals surface area contributed by atoms with Gasteiger partial charge in [0.05, 0.1) is 0 Å². The summed E-state index contributed by atoms with van der Waals surface area (Å²) in [6, 6.07) is 0. The van der Waals surface area contributed by atoms with Crippen LogP contribution in [0.5, 0.6) is 0 Å². The summed E-state index contributed by atoms with van der Waals surface area (Å²) in [5.41, 5.74) is 4.59. The molecule has 16 heavy (non-hydrogen) atoms. The molecule has 3 N–H and O–H groups in total. The molecule has 1 heterocycles. The number of rotatable bonds is 4. The molecule has 1 aromatic rings. The minimum absolute atomic E-state index is 0.171. The molecule has 0 aliphatic heterocycles. The van der Waals surface area contributed by atoms with Crippen molar-refractivity contribution >= 4 is 5.82 Å². The first-order valence-corrected chi connectivity index (χ1v) is 5.05. The van der Waals surface area contributed by atoms with Crippen molar-refractivity contribution in [2.75, 3.05) is 18.4 Å². The van der Waals surface area contributed by atoms with Gasteiger partial charge in [0.25, 0.3) is 5.56 Å². The molecule has 0 fully saturated rings. The van der Waals surface area contributed by atoms with Crippen molar-refractivity contribution in [1.29, 1.82) is 0 Å². The van der Waals surface area contributed by atoms with Gasteiger partial charge in [0, 0.05) is 20.6 Å². The maximum absolute atomic E-state index is 11.6. The lowest BCUT2D eigenvalue weighted by molar-refractivity contribution is 0.590. The van der Waals surface area contributed by atoms with Crippen molar-refractivity contribution in [3.8, 4) is 0 Å². The summed E-state index contributed by atoms with van der Waals surface area (Å²) in [5, 5.41) is 6.75. The number of hydrogen-bond donors (Lipinski definition) is 2. The first kappa shape index (κ1) is 12.4. The van der Waals surface area contributed by atoms with Gasteiger partial charge >= 0.3 is 5.69 Å². The molecule has 0 spiro atoms. The van der Waals surface area contributed by atoms with Gasteiger partial charge < -0.3 is 11.1 Å². The van der Waals surface area contributed by atoms with E-state index in [0.717, 1.165) is 9.25 Å². The summed E-state index contributed by atoms with van der Waals surface area (Å²) in [6.45, 7) is 3.04. The molecule has 0 amide bonds. The summed E-state index contributed by atoms with van der Waals surface area (Å²) in [7, 11) is 2.92. The van der Waals surface area contributed by atoms with Crippen molar-refractivity contribution < 1.29 is 0 Å². The number of nitrogens with one attached hydrogen (secondary N) is 1. The van der Waals surface area contributed by atoms with Crippen LogP contribution in [0.4, 0.5) is 5.82 Å². The van der Waals surface area contributed by atoms with Gasteiger partial charge in [-0.05, 0) is 12.5 Å². The Kier molecular flexibility index (Phi) is 3.83. The Morgan fingerprint density at radius 3 is 2.62 bits per heavy atom. The van der Waals surface area contributed by atoms with Crippen molar-refractivity contribution in [3.63, 3.8) is 0 Å². The first-order valence-electron chi connectivity index (χ1n) is 5.05. The number of nitrogens with zero attached hydrogens (tertiary/aromatic N) is 3. The second-order valence-electron chi connectivity index (χ2n) is 3.84. The van der Waals surface area contributed by atoms with Crippen LogP contribution in [0.2, 0.25) is 0 Å². The SMILES string of the molecule is CC(CN)CNc1nn(C)c(=O)n(C)c1=O. The lowest BCUT2D eigenvalue weighted by Crippen LogP contribution is -2.40. The maximum Gasteiger partial charge on any atom is 0.346 e. The van der Waals surface area contributed by atoms with Crippen LogP contribution < -0.4 is 22.3 Å². The van der Waals surface area contributed by atoms with E-state index in [1.165, 1.54) is 14.1 Å². The molecule has 1 rings (SSSR count). The lowest BCUT2D eigenvalue weighted by atomic mass is 10.2. The Bertz CT molecular complexity index is 476. The van der Waals surface area contributed by atoms with Gasteiger partial charge in [-0.15, -0.1) is 5.10 Å². The number of nitrogens with two attached hydrogens (primary N) is 1. The molecule has 0 aromatic carbocycles. The predicted octanol–water partition coefficient (Wildman–Crippen LogP) is -1.51. The molecule has 0 aliphatic rings. The molecule has 1 unspecified atom stereocenters. The molecular formula is C9H17N5O2. The van der Waals surface area contributed by atoms with Crippen LogP contribution in [-0.2, 0) is 14.1 Å². The Labute approximate surface area is 92.9 Å². The van der Waals surface area contributed by atoms with Crippen molar-refractivity contribution in [3.05, 3.63) is 20.8 Å². The molecule has 0 saturated heterocycles. The van der Waals surface area contributed by atoms with Gasteiger partial charge in [0.15, 0.2) is 0 Å². The zero-order valence-electron chi connectivity index (χ0n) is 9.73. The fraction of sp³-hybridized carbons (Fsp3) is 0.667. The van der Waals surface area contributed by atoms with Gasteiger partial charge in [0.2, 0.25) is 5.82 Å². The van der Waals surface area contributed by atoms with Crippen LogP contribution in [0.1, 0.15) is 6.92 Å². The highest BCUT2D eigenvalue weighted by Gasteiger charge is 2.08. The maximum atomic E-state index is 11.6. The van der Waals surface area contributed by atoms with Crippen LogP contribution in [0.3, 0.4) is 0 Å². The Balaban J connectivity index is 2.98. The minimum atomic E-state index is -0.442. The standard InChI is InChI=1S/C9H17N5O2/c1-6(4-10)5-11-7-8(15)13(2)9(16)14(3)12-7/h6H,4-5,10H2,1-3H3,(H,11,12). The van der Waals surface area contributed by atoms with E-state index in [2.05, 4.69) is 10.4 Å². The summed E-state index contributed by atoms with van der Waals surface area (Å²) >= 11 is 0. The summed E-state index contributed by atoms with van der Waals surface area (Å²) in [4.78, 5) is 23.0. The average Bonchev–Trinajstić information content (AvgIpc) is 2.28. The Hall–Kier alpha value is -1.63. The van der Waals surface area contributed by atoms with E-state index in [1.807, 2.05) is 6.92 Å². The molecule has 1 aromatic heterocycles. The third-order valence-electron chi connectivity index (χ3n) is 2.34. The van der Waals surface area contributed by atoms with Gasteiger partial charge in [-0.1, -0.05) is 6.92 Å². The highest BCUT2D eigenvalue weighted by atomic mass is 16.2. The van der Waals surface area contributed by atoms with Crippen LogP contribution >= 0.6 is 0 Å². The molecule has 7 heteroatoms. The molecule has 0 saturated carbocycles. The number of anilines is 1. The van der Waals surface area contributed by atoms with Crippen molar-refractivity contribution in [1.82, 2.24) is 14.3 Å². The lowest BCUT2D eigenvalue weighted by Gasteiger charge is -2.11. The molecule has 90 valence electrons. The molecule has 0 aliphatic carbocycles. The number of aryl methyl sites for hydroxylation is 1. The average molecular weight is 227 g/mol. The van der Waals surface area contributed by atoms with E-state index in [1.54, 1.807) is 0 Å². The topological polar surface area (TPSA) is 94.9 Å². The Morgan fingerprint density at radius 2 is 2.06 bits per heavy atom. The molecule has 1 atom stereocenters. The van der Waals surface area contributed by atoms with Gasteiger partial charge in [-0.3, -0.25) is 9.36 Å². The van der Waals surface area contributed by atoms with Crippen molar-refractivity contribution in [2.24, 2.45) is 25.7 Å². The second kappa shape index (κ2) is 4.93. The number of hydrogen-bond acceptors (Lipinski definition) is 5. The third kappa shape index (κ3) is 2.48. The largest absolute Gasteiger partial charge is 0.364 e. The number of aromatic nitrogens is 3. The monoisotopic (exact) mass is 227 g/mol. The van der Waals surface area contributed by atoms with E-state index < -0.39 is 11.2 Å². The van der Waals surface area contributed by atoms with Crippen molar-refractivity contribution in [2.45, 2.75) is 6.92 Å². The van der Waals surface area contributed by atoms with E-state index in [4.69, 9.17) is 5.73 Å². The van der Waals surface area contributed by atoms with Crippen LogP contribution in [0.15, 0.2) is 9.59 Å². The van der Waals surface area contributed by atoms with E-state index in [-0.39, 0.29) is 11.7 Å². The molecular weight excluding hydrogens is 210 g/mol. The van der Waals surface area contributed by atoms with Gasteiger partial charge in [-0.2, -0.15) is 0 Å². The van der Waals surface area contributed by atoms with Crippen LogP contribution in [-0.4, -0.2) is 27.4 Å².